The molecule has 0 amide bonds. The standard InChI is InChI=1S/C22H30O4/c1-14-8-6-10-15(2)12-21-19(17(4)22(24)26-21)13-20(25-18(5)23)16(3)11-7-9-14/h8,11-12,19-21H,4,6-7,9-10,13H2,1-3,5H3/t19-,20-,21-/m0/s1. The van der Waals surface area contributed by atoms with Crippen molar-refractivity contribution in [2.24, 2.45) is 5.92 Å². The summed E-state index contributed by atoms with van der Waals surface area (Å²) in [6.45, 7) is 11.5. The molecule has 2 aliphatic rings. The van der Waals surface area contributed by atoms with Crippen LogP contribution in [0.1, 0.15) is 59.8 Å². The molecule has 3 atom stereocenters. The van der Waals surface area contributed by atoms with Gasteiger partial charge in [0.1, 0.15) is 12.2 Å². The predicted octanol–water partition coefficient (Wildman–Crippen LogP) is 4.82. The largest absolute Gasteiger partial charge is 0.458 e. The summed E-state index contributed by atoms with van der Waals surface area (Å²) >= 11 is 0. The quantitative estimate of drug-likeness (QED) is 0.383. The minimum absolute atomic E-state index is 0.176. The fourth-order valence-electron chi connectivity index (χ4n) is 3.49. The first-order valence-electron chi connectivity index (χ1n) is 9.34. The van der Waals surface area contributed by atoms with Crippen molar-refractivity contribution in [3.8, 4) is 0 Å². The zero-order valence-corrected chi connectivity index (χ0v) is 16.3. The Hall–Kier alpha value is -2.10. The second kappa shape index (κ2) is 9.02. The fourth-order valence-corrected chi connectivity index (χ4v) is 3.49. The SMILES string of the molecule is C=C1C(=O)O[C@H]2C=C(C)CCC=C(C)CCC=C(C)[C@@H](OC(C)=O)C[C@@H]12. The van der Waals surface area contributed by atoms with E-state index in [1.165, 1.54) is 18.1 Å². The van der Waals surface area contributed by atoms with Crippen LogP contribution in [0.3, 0.4) is 0 Å². The lowest BCUT2D eigenvalue weighted by atomic mass is 9.87. The van der Waals surface area contributed by atoms with Gasteiger partial charge in [-0.3, -0.25) is 4.79 Å². The molecule has 4 nitrogen and oxygen atoms in total. The summed E-state index contributed by atoms with van der Waals surface area (Å²) in [5.41, 5.74) is 4.03. The number of carbonyl (C=O) groups excluding carboxylic acids is 2. The molecule has 0 N–H and O–H groups in total. The monoisotopic (exact) mass is 358 g/mol. The van der Waals surface area contributed by atoms with E-state index in [4.69, 9.17) is 9.47 Å². The molecule has 0 spiro atoms. The van der Waals surface area contributed by atoms with E-state index in [0.29, 0.717) is 12.0 Å². The smallest absolute Gasteiger partial charge is 0.334 e. The van der Waals surface area contributed by atoms with E-state index in [0.717, 1.165) is 31.3 Å². The molecule has 1 aliphatic carbocycles. The van der Waals surface area contributed by atoms with Crippen LogP contribution in [0.4, 0.5) is 0 Å². The van der Waals surface area contributed by atoms with E-state index < -0.39 is 0 Å². The Labute approximate surface area is 156 Å². The maximum Gasteiger partial charge on any atom is 0.334 e. The third kappa shape index (κ3) is 5.45. The molecular formula is C22H30O4. The fraction of sp³-hybridized carbons (Fsp3) is 0.545. The maximum atomic E-state index is 12.1. The average Bonchev–Trinajstić information content (AvgIpc) is 2.80. The van der Waals surface area contributed by atoms with Crippen molar-refractivity contribution in [2.75, 3.05) is 0 Å². The van der Waals surface area contributed by atoms with Gasteiger partial charge in [-0.1, -0.05) is 29.9 Å². The van der Waals surface area contributed by atoms with Crippen LogP contribution in [-0.4, -0.2) is 24.1 Å². The summed E-state index contributed by atoms with van der Waals surface area (Å²) in [7, 11) is 0. The Morgan fingerprint density at radius 2 is 1.81 bits per heavy atom. The highest BCUT2D eigenvalue weighted by molar-refractivity contribution is 5.91. The Kier molecular flexibility index (Phi) is 7.01. The van der Waals surface area contributed by atoms with Crippen LogP contribution >= 0.6 is 0 Å². The maximum absolute atomic E-state index is 12.1. The molecule has 0 radical (unpaired) electrons. The molecule has 1 saturated heterocycles. The summed E-state index contributed by atoms with van der Waals surface area (Å²) in [6, 6.07) is 0. The number of rotatable bonds is 1. The lowest BCUT2D eigenvalue weighted by Crippen LogP contribution is -2.26. The molecule has 1 fully saturated rings. The van der Waals surface area contributed by atoms with Crippen molar-refractivity contribution in [3.05, 3.63) is 47.1 Å². The number of ether oxygens (including phenoxy) is 2. The molecule has 0 aromatic rings. The number of hydrogen-bond donors (Lipinski definition) is 0. The van der Waals surface area contributed by atoms with E-state index in [-0.39, 0.29) is 30.1 Å². The topological polar surface area (TPSA) is 52.6 Å². The minimum Gasteiger partial charge on any atom is -0.458 e. The molecule has 0 aromatic carbocycles. The lowest BCUT2D eigenvalue weighted by Gasteiger charge is -2.23. The molecule has 2 rings (SSSR count). The highest BCUT2D eigenvalue weighted by Gasteiger charge is 2.39. The third-order valence-electron chi connectivity index (χ3n) is 5.12. The van der Waals surface area contributed by atoms with Gasteiger partial charge in [-0.2, -0.15) is 0 Å². The second-order valence-electron chi connectivity index (χ2n) is 7.42. The van der Waals surface area contributed by atoms with E-state index in [2.05, 4.69) is 32.6 Å². The molecule has 142 valence electrons. The number of fused-ring (bicyclic) bond motifs is 1. The first kappa shape index (κ1) is 20.2. The first-order valence-corrected chi connectivity index (χ1v) is 9.34. The molecule has 0 unspecified atom stereocenters. The Morgan fingerprint density at radius 3 is 2.50 bits per heavy atom. The van der Waals surface area contributed by atoms with E-state index in [1.54, 1.807) is 0 Å². The summed E-state index contributed by atoms with van der Waals surface area (Å²) in [5.74, 6) is -0.850. The number of esters is 2. The van der Waals surface area contributed by atoms with Gasteiger partial charge in [-0.15, -0.1) is 0 Å². The molecule has 0 saturated carbocycles. The Morgan fingerprint density at radius 1 is 1.15 bits per heavy atom. The van der Waals surface area contributed by atoms with Gasteiger partial charge in [0, 0.05) is 18.4 Å². The molecule has 1 heterocycles. The van der Waals surface area contributed by atoms with Gasteiger partial charge < -0.3 is 9.47 Å². The first-order chi connectivity index (χ1) is 12.3. The Bertz CT molecular complexity index is 666. The van der Waals surface area contributed by atoms with Crippen molar-refractivity contribution < 1.29 is 19.1 Å². The van der Waals surface area contributed by atoms with Gasteiger partial charge in [-0.25, -0.2) is 4.79 Å². The molecular weight excluding hydrogens is 328 g/mol. The summed E-state index contributed by atoms with van der Waals surface area (Å²) in [6.07, 6.45) is 10.1. The minimum atomic E-state index is -0.368. The van der Waals surface area contributed by atoms with Crippen LogP contribution in [0.5, 0.6) is 0 Å². The van der Waals surface area contributed by atoms with Gasteiger partial charge in [0.25, 0.3) is 0 Å². The summed E-state index contributed by atoms with van der Waals surface area (Å²) in [5, 5.41) is 0. The van der Waals surface area contributed by atoms with Crippen molar-refractivity contribution in [3.63, 3.8) is 0 Å². The summed E-state index contributed by atoms with van der Waals surface area (Å²) < 4.78 is 11.1. The molecule has 0 bridgehead atoms. The van der Waals surface area contributed by atoms with Gasteiger partial charge in [0.2, 0.25) is 0 Å². The average molecular weight is 358 g/mol. The van der Waals surface area contributed by atoms with Gasteiger partial charge in [0.15, 0.2) is 0 Å². The van der Waals surface area contributed by atoms with E-state index >= 15 is 0 Å². The zero-order valence-electron chi connectivity index (χ0n) is 16.3. The highest BCUT2D eigenvalue weighted by Crippen LogP contribution is 2.34. The van der Waals surface area contributed by atoms with Crippen molar-refractivity contribution in [1.29, 1.82) is 0 Å². The normalized spacial score (nSPS) is 28.2. The van der Waals surface area contributed by atoms with Crippen molar-refractivity contribution >= 4 is 11.9 Å². The van der Waals surface area contributed by atoms with Crippen LogP contribution in [0.2, 0.25) is 0 Å². The molecule has 1 aliphatic heterocycles. The number of hydrogen-bond acceptors (Lipinski definition) is 4. The lowest BCUT2D eigenvalue weighted by molar-refractivity contribution is -0.145. The molecule has 4 heteroatoms. The number of carbonyl (C=O) groups is 2. The summed E-state index contributed by atoms with van der Waals surface area (Å²) in [4.78, 5) is 23.6. The van der Waals surface area contributed by atoms with Crippen LogP contribution in [0, 0.1) is 5.92 Å². The van der Waals surface area contributed by atoms with Crippen LogP contribution in [0.15, 0.2) is 47.1 Å². The zero-order chi connectivity index (χ0) is 19.3. The number of allylic oxidation sites excluding steroid dienone is 4. The van der Waals surface area contributed by atoms with Gasteiger partial charge in [0.05, 0.1) is 0 Å². The van der Waals surface area contributed by atoms with Crippen molar-refractivity contribution in [1.82, 2.24) is 0 Å². The van der Waals surface area contributed by atoms with Crippen molar-refractivity contribution in [2.45, 2.75) is 72.0 Å². The Balaban J connectivity index is 2.35. The predicted molar refractivity (Wildman–Crippen MR) is 102 cm³/mol. The third-order valence-corrected chi connectivity index (χ3v) is 5.12. The van der Waals surface area contributed by atoms with Gasteiger partial charge in [-0.05, 0) is 64.5 Å². The molecule has 26 heavy (non-hydrogen) atoms. The second-order valence-corrected chi connectivity index (χ2v) is 7.42. The van der Waals surface area contributed by atoms with E-state index in [9.17, 15) is 9.59 Å². The van der Waals surface area contributed by atoms with E-state index in [1.807, 2.05) is 13.0 Å². The van der Waals surface area contributed by atoms with Crippen LogP contribution < -0.4 is 0 Å². The van der Waals surface area contributed by atoms with Crippen LogP contribution in [-0.2, 0) is 19.1 Å². The highest BCUT2D eigenvalue weighted by atomic mass is 16.6. The van der Waals surface area contributed by atoms with Crippen LogP contribution in [0.25, 0.3) is 0 Å². The molecule has 0 aromatic heterocycles. The van der Waals surface area contributed by atoms with Gasteiger partial charge >= 0.3 is 11.9 Å².